The van der Waals surface area contributed by atoms with Crippen molar-refractivity contribution < 1.29 is 0 Å². The molecule has 0 radical (unpaired) electrons. The molecule has 1 aliphatic rings. The van der Waals surface area contributed by atoms with Gasteiger partial charge in [0.15, 0.2) is 0 Å². The zero-order chi connectivity index (χ0) is 14.5. The lowest BCUT2D eigenvalue weighted by Crippen LogP contribution is -2.39. The van der Waals surface area contributed by atoms with Gasteiger partial charge in [-0.15, -0.1) is 0 Å². The van der Waals surface area contributed by atoms with Gasteiger partial charge in [-0.05, 0) is 57.8 Å². The maximum Gasteiger partial charge on any atom is 0.0465 e. The molecule has 20 heavy (non-hydrogen) atoms. The topological polar surface area (TPSA) is 15.3 Å². The van der Waals surface area contributed by atoms with Gasteiger partial charge in [0.05, 0.1) is 0 Å². The van der Waals surface area contributed by atoms with Crippen molar-refractivity contribution in [2.24, 2.45) is 5.92 Å². The van der Waals surface area contributed by atoms with Gasteiger partial charge < -0.3 is 5.32 Å². The zero-order valence-corrected chi connectivity index (χ0v) is 13.8. The maximum absolute atomic E-state index is 6.30. The van der Waals surface area contributed by atoms with Gasteiger partial charge in [0.25, 0.3) is 0 Å². The average Bonchev–Trinajstić information content (AvgIpc) is 2.42. The van der Waals surface area contributed by atoms with E-state index in [1.807, 2.05) is 18.2 Å². The largest absolute Gasteiger partial charge is 0.317 e. The van der Waals surface area contributed by atoms with Crippen LogP contribution in [-0.2, 0) is 6.54 Å². The van der Waals surface area contributed by atoms with Crippen molar-refractivity contribution >= 4 is 23.2 Å². The predicted octanol–water partition coefficient (Wildman–Crippen LogP) is 4.20. The second kappa shape index (κ2) is 7.65. The molecule has 0 bridgehead atoms. The second-order valence-electron chi connectivity index (χ2n) is 5.92. The molecule has 0 spiro atoms. The monoisotopic (exact) mass is 314 g/mol. The molecule has 0 saturated carbocycles. The quantitative estimate of drug-likeness (QED) is 0.876. The van der Waals surface area contributed by atoms with E-state index in [1.165, 1.54) is 12.8 Å². The molecule has 112 valence electrons. The normalized spacial score (nSPS) is 17.1. The minimum atomic E-state index is 0.497. The first-order valence-corrected chi connectivity index (χ1v) is 8.21. The highest BCUT2D eigenvalue weighted by Crippen LogP contribution is 2.27. The van der Waals surface area contributed by atoms with Crippen molar-refractivity contribution in [3.8, 4) is 0 Å². The van der Waals surface area contributed by atoms with Gasteiger partial charge in [0.1, 0.15) is 0 Å². The first kappa shape index (κ1) is 16.1. The van der Waals surface area contributed by atoms with Crippen molar-refractivity contribution in [3.05, 3.63) is 33.8 Å². The van der Waals surface area contributed by atoms with E-state index in [1.54, 1.807) is 0 Å². The van der Waals surface area contributed by atoms with E-state index >= 15 is 0 Å². The van der Waals surface area contributed by atoms with Crippen LogP contribution in [0.3, 0.4) is 0 Å². The van der Waals surface area contributed by atoms with Gasteiger partial charge in [-0.2, -0.15) is 0 Å². The highest BCUT2D eigenvalue weighted by molar-refractivity contribution is 6.35. The molecular formula is C16H24Cl2N2. The Morgan fingerprint density at radius 3 is 2.35 bits per heavy atom. The summed E-state index contributed by atoms with van der Waals surface area (Å²) in [5, 5.41) is 4.97. The minimum Gasteiger partial charge on any atom is -0.317 e. The fourth-order valence-electron chi connectivity index (χ4n) is 2.74. The molecule has 1 aromatic rings. The lowest BCUT2D eigenvalue weighted by atomic mass is 9.96. The van der Waals surface area contributed by atoms with Crippen LogP contribution in [0.4, 0.5) is 0 Å². The Labute approximate surface area is 132 Å². The van der Waals surface area contributed by atoms with Gasteiger partial charge in [0, 0.05) is 34.7 Å². The third kappa shape index (κ3) is 4.36. The van der Waals surface area contributed by atoms with Crippen LogP contribution in [0.25, 0.3) is 0 Å². The summed E-state index contributed by atoms with van der Waals surface area (Å²) in [6.07, 6.45) is 2.53. The maximum atomic E-state index is 6.30. The molecule has 1 fully saturated rings. The van der Waals surface area contributed by atoms with E-state index in [0.29, 0.717) is 6.04 Å². The van der Waals surface area contributed by atoms with E-state index in [2.05, 4.69) is 24.1 Å². The van der Waals surface area contributed by atoms with Crippen molar-refractivity contribution in [2.75, 3.05) is 19.6 Å². The number of nitrogens with one attached hydrogen (secondary N) is 1. The van der Waals surface area contributed by atoms with Crippen LogP contribution in [-0.4, -0.2) is 30.6 Å². The number of halogens is 2. The number of hydrogen-bond acceptors (Lipinski definition) is 2. The first-order chi connectivity index (χ1) is 9.58. The van der Waals surface area contributed by atoms with E-state index < -0.39 is 0 Å². The fraction of sp³-hybridized carbons (Fsp3) is 0.625. The van der Waals surface area contributed by atoms with Crippen LogP contribution >= 0.6 is 23.2 Å². The SMILES string of the molecule is CC(C)N(Cc1c(Cl)cccc1Cl)CC1CCNCC1. The van der Waals surface area contributed by atoms with Gasteiger partial charge in [0.2, 0.25) is 0 Å². The third-order valence-electron chi connectivity index (χ3n) is 4.10. The molecule has 0 aromatic heterocycles. The summed E-state index contributed by atoms with van der Waals surface area (Å²) in [5.74, 6) is 0.778. The van der Waals surface area contributed by atoms with E-state index in [9.17, 15) is 0 Å². The highest BCUT2D eigenvalue weighted by atomic mass is 35.5. The fourth-order valence-corrected chi connectivity index (χ4v) is 3.26. The number of piperidine rings is 1. The molecule has 0 aliphatic carbocycles. The van der Waals surface area contributed by atoms with Crippen LogP contribution in [0, 0.1) is 5.92 Å². The molecule has 4 heteroatoms. The van der Waals surface area contributed by atoms with Crippen LogP contribution < -0.4 is 5.32 Å². The third-order valence-corrected chi connectivity index (χ3v) is 4.81. The van der Waals surface area contributed by atoms with E-state index in [-0.39, 0.29) is 0 Å². The summed E-state index contributed by atoms with van der Waals surface area (Å²) in [6.45, 7) is 8.73. The Hall–Kier alpha value is -0.280. The minimum absolute atomic E-state index is 0.497. The van der Waals surface area contributed by atoms with Crippen LogP contribution in [0.5, 0.6) is 0 Å². The lowest BCUT2D eigenvalue weighted by Gasteiger charge is -2.33. The van der Waals surface area contributed by atoms with E-state index in [4.69, 9.17) is 23.2 Å². The number of hydrogen-bond donors (Lipinski definition) is 1. The molecule has 1 saturated heterocycles. The summed E-state index contributed by atoms with van der Waals surface area (Å²) in [5.41, 5.74) is 1.05. The first-order valence-electron chi connectivity index (χ1n) is 7.45. The Morgan fingerprint density at radius 1 is 1.20 bits per heavy atom. The van der Waals surface area contributed by atoms with Crippen LogP contribution in [0.1, 0.15) is 32.3 Å². The van der Waals surface area contributed by atoms with Gasteiger partial charge >= 0.3 is 0 Å². The standard InChI is InChI=1S/C16H24Cl2N2/c1-12(2)20(10-13-6-8-19-9-7-13)11-14-15(17)4-3-5-16(14)18/h3-5,12-13,19H,6-11H2,1-2H3. The predicted molar refractivity (Wildman–Crippen MR) is 87.6 cm³/mol. The average molecular weight is 315 g/mol. The molecule has 2 rings (SSSR count). The molecule has 1 aromatic carbocycles. The number of benzene rings is 1. The van der Waals surface area contributed by atoms with Crippen molar-refractivity contribution in [3.63, 3.8) is 0 Å². The van der Waals surface area contributed by atoms with Crippen molar-refractivity contribution in [2.45, 2.75) is 39.3 Å². The van der Waals surface area contributed by atoms with E-state index in [0.717, 1.165) is 47.7 Å². The Kier molecular flexibility index (Phi) is 6.16. The summed E-state index contributed by atoms with van der Waals surface area (Å²) < 4.78 is 0. The van der Waals surface area contributed by atoms with Gasteiger partial charge in [-0.3, -0.25) is 4.90 Å². The van der Waals surface area contributed by atoms with Crippen molar-refractivity contribution in [1.29, 1.82) is 0 Å². The molecule has 1 N–H and O–H groups in total. The van der Waals surface area contributed by atoms with Crippen molar-refractivity contribution in [1.82, 2.24) is 10.2 Å². The van der Waals surface area contributed by atoms with Crippen LogP contribution in [0.2, 0.25) is 10.0 Å². The molecule has 1 heterocycles. The summed E-state index contributed by atoms with van der Waals surface area (Å²) in [6, 6.07) is 6.25. The zero-order valence-electron chi connectivity index (χ0n) is 12.3. The molecule has 2 nitrogen and oxygen atoms in total. The molecular weight excluding hydrogens is 291 g/mol. The second-order valence-corrected chi connectivity index (χ2v) is 6.73. The molecule has 0 amide bonds. The van der Waals surface area contributed by atoms with Gasteiger partial charge in [-0.1, -0.05) is 29.3 Å². The number of nitrogens with zero attached hydrogens (tertiary/aromatic N) is 1. The Bertz CT molecular complexity index is 408. The summed E-state index contributed by atoms with van der Waals surface area (Å²) in [4.78, 5) is 2.49. The molecule has 0 unspecified atom stereocenters. The number of rotatable bonds is 5. The Morgan fingerprint density at radius 2 is 1.80 bits per heavy atom. The molecule has 0 atom stereocenters. The smallest absolute Gasteiger partial charge is 0.0465 e. The summed E-state index contributed by atoms with van der Waals surface area (Å²) in [7, 11) is 0. The van der Waals surface area contributed by atoms with Crippen LogP contribution in [0.15, 0.2) is 18.2 Å². The molecule has 1 aliphatic heterocycles. The Balaban J connectivity index is 2.05. The lowest BCUT2D eigenvalue weighted by molar-refractivity contribution is 0.162. The summed E-state index contributed by atoms with van der Waals surface area (Å²) >= 11 is 12.6. The van der Waals surface area contributed by atoms with Gasteiger partial charge in [-0.25, -0.2) is 0 Å². The highest BCUT2D eigenvalue weighted by Gasteiger charge is 2.20.